The minimum Gasteiger partial charge on any atom is -0.368 e. The van der Waals surface area contributed by atoms with Gasteiger partial charge in [0, 0.05) is 43.4 Å². The molecule has 0 radical (unpaired) electrons. The average molecular weight is 303 g/mol. The summed E-state index contributed by atoms with van der Waals surface area (Å²) in [5, 5.41) is 0.788. The van der Waals surface area contributed by atoms with E-state index in [1.807, 2.05) is 30.5 Å². The molecule has 0 atom stereocenters. The number of nitrogens with zero attached hydrogens (tertiary/aromatic N) is 3. The molecule has 0 saturated carbocycles. The van der Waals surface area contributed by atoms with Gasteiger partial charge in [0.05, 0.1) is 17.6 Å². The molecule has 4 nitrogen and oxygen atoms in total. The Kier molecular flexibility index (Phi) is 4.27. The van der Waals surface area contributed by atoms with Gasteiger partial charge in [0.2, 0.25) is 0 Å². The van der Waals surface area contributed by atoms with Crippen molar-refractivity contribution in [2.45, 2.75) is 6.54 Å². The molecule has 21 heavy (non-hydrogen) atoms. The van der Waals surface area contributed by atoms with Crippen molar-refractivity contribution in [1.82, 2.24) is 4.98 Å². The highest BCUT2D eigenvalue weighted by Crippen LogP contribution is 2.22. The van der Waals surface area contributed by atoms with Gasteiger partial charge in [-0.05, 0) is 30.3 Å². The van der Waals surface area contributed by atoms with Crippen molar-refractivity contribution in [2.75, 3.05) is 36.0 Å². The van der Waals surface area contributed by atoms with E-state index in [1.165, 1.54) is 5.69 Å². The molecular weight excluding hydrogens is 284 g/mol. The number of pyridine rings is 1. The fourth-order valence-electron chi connectivity index (χ4n) is 2.62. The molecule has 2 N–H and O–H groups in total. The number of aromatic nitrogens is 1. The molecule has 2 aromatic rings. The summed E-state index contributed by atoms with van der Waals surface area (Å²) in [4.78, 5) is 9.08. The third-order valence-electron chi connectivity index (χ3n) is 3.84. The summed E-state index contributed by atoms with van der Waals surface area (Å²) in [5.41, 5.74) is 8.86. The van der Waals surface area contributed by atoms with Crippen LogP contribution in [0.5, 0.6) is 0 Å². The highest BCUT2D eigenvalue weighted by molar-refractivity contribution is 6.30. The van der Waals surface area contributed by atoms with E-state index in [9.17, 15) is 0 Å². The van der Waals surface area contributed by atoms with E-state index in [0.717, 1.165) is 42.6 Å². The Bertz CT molecular complexity index is 591. The van der Waals surface area contributed by atoms with Crippen molar-refractivity contribution < 1.29 is 0 Å². The predicted octanol–water partition coefficient (Wildman–Crippen LogP) is 2.52. The van der Waals surface area contributed by atoms with Crippen LogP contribution in [0.2, 0.25) is 5.02 Å². The lowest BCUT2D eigenvalue weighted by atomic mass is 10.2. The third kappa shape index (κ3) is 3.28. The van der Waals surface area contributed by atoms with Crippen LogP contribution in [0.25, 0.3) is 0 Å². The molecule has 1 fully saturated rings. The Morgan fingerprint density at radius 1 is 1.00 bits per heavy atom. The first-order valence-electron chi connectivity index (χ1n) is 7.17. The summed E-state index contributed by atoms with van der Waals surface area (Å²) in [6.45, 7) is 4.42. The fourth-order valence-corrected chi connectivity index (χ4v) is 2.80. The third-order valence-corrected chi connectivity index (χ3v) is 4.07. The highest BCUT2D eigenvalue weighted by Gasteiger charge is 2.17. The van der Waals surface area contributed by atoms with Crippen molar-refractivity contribution in [1.29, 1.82) is 0 Å². The molecule has 0 unspecified atom stereocenters. The quantitative estimate of drug-likeness (QED) is 0.946. The molecule has 110 valence electrons. The number of hydrogen-bond acceptors (Lipinski definition) is 4. The van der Waals surface area contributed by atoms with E-state index in [4.69, 9.17) is 17.3 Å². The minimum atomic E-state index is 0.489. The molecule has 1 aromatic carbocycles. The van der Waals surface area contributed by atoms with Crippen LogP contribution in [0, 0.1) is 0 Å². The van der Waals surface area contributed by atoms with Gasteiger partial charge in [-0.25, -0.2) is 0 Å². The first-order valence-corrected chi connectivity index (χ1v) is 7.54. The van der Waals surface area contributed by atoms with Crippen LogP contribution >= 0.6 is 11.6 Å². The van der Waals surface area contributed by atoms with Crippen LogP contribution < -0.4 is 15.5 Å². The second-order valence-corrected chi connectivity index (χ2v) is 5.60. The molecule has 5 heteroatoms. The van der Waals surface area contributed by atoms with Gasteiger partial charge in [0.1, 0.15) is 0 Å². The molecule has 2 heterocycles. The van der Waals surface area contributed by atoms with Gasteiger partial charge < -0.3 is 15.5 Å². The molecule has 0 spiro atoms. The second-order valence-electron chi connectivity index (χ2n) is 5.17. The Balaban J connectivity index is 1.64. The molecule has 0 bridgehead atoms. The van der Waals surface area contributed by atoms with Crippen LogP contribution in [-0.4, -0.2) is 31.2 Å². The Hall–Kier alpha value is -1.78. The summed E-state index contributed by atoms with van der Waals surface area (Å²) in [7, 11) is 0. The van der Waals surface area contributed by atoms with Gasteiger partial charge in [0.25, 0.3) is 0 Å². The molecule has 1 saturated heterocycles. The zero-order chi connectivity index (χ0) is 14.7. The number of rotatable bonds is 3. The Morgan fingerprint density at radius 2 is 1.71 bits per heavy atom. The number of hydrogen-bond donors (Lipinski definition) is 1. The van der Waals surface area contributed by atoms with Gasteiger partial charge in [0.15, 0.2) is 0 Å². The number of nitrogens with two attached hydrogens (primary N) is 1. The molecule has 1 aliphatic heterocycles. The first-order chi connectivity index (χ1) is 10.3. The van der Waals surface area contributed by atoms with Crippen LogP contribution in [0.4, 0.5) is 11.4 Å². The maximum atomic E-state index is 6.06. The zero-order valence-corrected chi connectivity index (χ0v) is 12.6. The van der Waals surface area contributed by atoms with Crippen molar-refractivity contribution in [3.05, 3.63) is 53.3 Å². The number of benzene rings is 1. The van der Waals surface area contributed by atoms with Crippen LogP contribution in [0.1, 0.15) is 5.69 Å². The number of anilines is 2. The Morgan fingerprint density at radius 3 is 2.29 bits per heavy atom. The van der Waals surface area contributed by atoms with E-state index in [0.29, 0.717) is 6.54 Å². The first kappa shape index (κ1) is 14.2. The smallest absolute Gasteiger partial charge is 0.0554 e. The van der Waals surface area contributed by atoms with E-state index >= 15 is 0 Å². The molecule has 1 aliphatic rings. The van der Waals surface area contributed by atoms with Gasteiger partial charge in [-0.2, -0.15) is 0 Å². The van der Waals surface area contributed by atoms with Gasteiger partial charge in [-0.15, -0.1) is 0 Å². The lowest BCUT2D eigenvalue weighted by molar-refractivity contribution is 0.652. The maximum absolute atomic E-state index is 6.06. The highest BCUT2D eigenvalue weighted by atomic mass is 35.5. The summed E-state index contributed by atoms with van der Waals surface area (Å²) < 4.78 is 0. The SMILES string of the molecule is NCc1ccc(N2CCN(c3cccc(Cl)c3)CC2)cn1. The van der Waals surface area contributed by atoms with Crippen molar-refractivity contribution in [3.8, 4) is 0 Å². The topological polar surface area (TPSA) is 45.4 Å². The van der Waals surface area contributed by atoms with E-state index < -0.39 is 0 Å². The normalized spacial score (nSPS) is 15.3. The summed E-state index contributed by atoms with van der Waals surface area (Å²) in [5.74, 6) is 0. The maximum Gasteiger partial charge on any atom is 0.0554 e. The molecule has 1 aromatic heterocycles. The molecule has 0 amide bonds. The van der Waals surface area contributed by atoms with Crippen LogP contribution in [0.15, 0.2) is 42.6 Å². The largest absolute Gasteiger partial charge is 0.368 e. The number of piperazine rings is 1. The summed E-state index contributed by atoms with van der Waals surface area (Å²) in [6.07, 6.45) is 1.91. The van der Waals surface area contributed by atoms with Gasteiger partial charge >= 0.3 is 0 Å². The van der Waals surface area contributed by atoms with Gasteiger partial charge in [-0.3, -0.25) is 4.98 Å². The molecule has 0 aliphatic carbocycles. The standard InChI is InChI=1S/C16H19ClN4/c17-13-2-1-3-15(10-13)20-6-8-21(9-7-20)16-5-4-14(11-18)19-12-16/h1-5,10,12H,6-9,11,18H2. The Labute approximate surface area is 130 Å². The fraction of sp³-hybridized carbons (Fsp3) is 0.312. The average Bonchev–Trinajstić information content (AvgIpc) is 2.55. The molecular formula is C16H19ClN4. The zero-order valence-electron chi connectivity index (χ0n) is 11.9. The lowest BCUT2D eigenvalue weighted by Crippen LogP contribution is -2.46. The summed E-state index contributed by atoms with van der Waals surface area (Å²) >= 11 is 6.06. The second kappa shape index (κ2) is 6.33. The van der Waals surface area contributed by atoms with Gasteiger partial charge in [-0.1, -0.05) is 17.7 Å². The van der Waals surface area contributed by atoms with E-state index in [2.05, 4.69) is 26.9 Å². The van der Waals surface area contributed by atoms with Crippen molar-refractivity contribution in [2.24, 2.45) is 5.73 Å². The predicted molar refractivity (Wildman–Crippen MR) is 88.0 cm³/mol. The van der Waals surface area contributed by atoms with E-state index in [1.54, 1.807) is 0 Å². The number of halogens is 1. The monoisotopic (exact) mass is 302 g/mol. The van der Waals surface area contributed by atoms with E-state index in [-0.39, 0.29) is 0 Å². The van der Waals surface area contributed by atoms with Crippen molar-refractivity contribution >= 4 is 23.0 Å². The van der Waals surface area contributed by atoms with Crippen LogP contribution in [0.3, 0.4) is 0 Å². The van der Waals surface area contributed by atoms with Crippen LogP contribution in [-0.2, 0) is 6.54 Å². The minimum absolute atomic E-state index is 0.489. The molecule has 3 rings (SSSR count). The lowest BCUT2D eigenvalue weighted by Gasteiger charge is -2.37. The van der Waals surface area contributed by atoms with Crippen molar-refractivity contribution in [3.63, 3.8) is 0 Å². The summed E-state index contributed by atoms with van der Waals surface area (Å²) in [6, 6.07) is 12.1.